The molecule has 3 aromatic rings. The fourth-order valence-electron chi connectivity index (χ4n) is 3.23. The summed E-state index contributed by atoms with van der Waals surface area (Å²) in [7, 11) is 1.59. The Balaban J connectivity index is 1.69. The van der Waals surface area contributed by atoms with Crippen molar-refractivity contribution < 1.29 is 24.2 Å². The van der Waals surface area contributed by atoms with Crippen LogP contribution in [0.5, 0.6) is 11.5 Å². The maximum atomic E-state index is 12.4. The van der Waals surface area contributed by atoms with E-state index < -0.39 is 12.1 Å². The summed E-state index contributed by atoms with van der Waals surface area (Å²) in [6, 6.07) is 13.4. The number of hydrogen-bond acceptors (Lipinski definition) is 7. The maximum absolute atomic E-state index is 12.4. The number of ether oxygens (including phenoxy) is 2. The summed E-state index contributed by atoms with van der Waals surface area (Å²) in [5, 5.41) is 21.0. The van der Waals surface area contributed by atoms with Gasteiger partial charge in [-0.2, -0.15) is 0 Å². The monoisotopic (exact) mass is 484 g/mol. The number of amides is 1. The number of para-hydroxylation sites is 2. The molecule has 1 amide bonds. The molecule has 0 aliphatic carbocycles. The molecule has 10 heteroatoms. The zero-order valence-corrected chi connectivity index (χ0v) is 20.3. The van der Waals surface area contributed by atoms with E-state index in [2.05, 4.69) is 29.4 Å². The molecule has 0 spiro atoms. The van der Waals surface area contributed by atoms with Crippen LogP contribution in [0.15, 0.2) is 53.7 Å². The van der Waals surface area contributed by atoms with Gasteiger partial charge in [0, 0.05) is 12.2 Å². The zero-order valence-electron chi connectivity index (χ0n) is 19.5. The third-order valence-corrected chi connectivity index (χ3v) is 5.74. The van der Waals surface area contributed by atoms with Gasteiger partial charge in [-0.1, -0.05) is 37.7 Å². The van der Waals surface area contributed by atoms with Crippen molar-refractivity contribution in [2.75, 3.05) is 18.2 Å². The summed E-state index contributed by atoms with van der Waals surface area (Å²) in [5.74, 6) is 1.11. The van der Waals surface area contributed by atoms with E-state index in [1.54, 1.807) is 19.2 Å². The number of carboxylic acids is 1. The van der Waals surface area contributed by atoms with E-state index in [1.165, 1.54) is 23.9 Å². The number of methoxy groups -OCH3 is 1. The molecule has 1 aromatic heterocycles. The van der Waals surface area contributed by atoms with E-state index in [1.807, 2.05) is 35.8 Å². The number of rotatable bonds is 11. The Morgan fingerprint density at radius 1 is 1.06 bits per heavy atom. The highest BCUT2D eigenvalue weighted by atomic mass is 32.2. The lowest BCUT2D eigenvalue weighted by atomic mass is 10.2. The van der Waals surface area contributed by atoms with Crippen LogP contribution in [0.2, 0.25) is 0 Å². The average molecular weight is 485 g/mol. The number of aromatic nitrogens is 3. The highest BCUT2D eigenvalue weighted by Crippen LogP contribution is 2.31. The second-order valence-electron chi connectivity index (χ2n) is 7.98. The van der Waals surface area contributed by atoms with Gasteiger partial charge in [-0.3, -0.25) is 4.79 Å². The van der Waals surface area contributed by atoms with Gasteiger partial charge in [-0.15, -0.1) is 10.2 Å². The summed E-state index contributed by atoms with van der Waals surface area (Å²) < 4.78 is 13.5. The summed E-state index contributed by atoms with van der Waals surface area (Å²) in [6.07, 6.45) is -0.390. The van der Waals surface area contributed by atoms with Crippen LogP contribution in [-0.2, 0) is 11.3 Å². The number of nitrogens with zero attached hydrogens (tertiary/aromatic N) is 3. The summed E-state index contributed by atoms with van der Waals surface area (Å²) in [6.45, 7) is 6.76. The van der Waals surface area contributed by atoms with Crippen molar-refractivity contribution in [3.8, 4) is 11.5 Å². The standard InChI is InChI=1S/C24H28N4O5S/c1-15(2)13-28-22(16(3)33-20-8-6-5-7-19(20)32-4)26-27-24(28)34-14-21(29)25-18-11-9-17(10-12-18)23(30)31/h5-12,15-16H,13-14H2,1-4H3,(H,25,29)(H,30,31). The normalized spacial score (nSPS) is 11.8. The number of benzene rings is 2. The molecule has 0 aliphatic heterocycles. The first-order valence-corrected chi connectivity index (χ1v) is 11.8. The maximum Gasteiger partial charge on any atom is 0.335 e. The van der Waals surface area contributed by atoms with Crippen molar-refractivity contribution in [3.63, 3.8) is 0 Å². The number of carboxylic acid groups (broad SMARTS) is 1. The van der Waals surface area contributed by atoms with Crippen LogP contribution in [0.3, 0.4) is 0 Å². The first kappa shape index (κ1) is 25.1. The topological polar surface area (TPSA) is 116 Å². The molecule has 0 radical (unpaired) electrons. The molecule has 1 atom stereocenters. The van der Waals surface area contributed by atoms with E-state index >= 15 is 0 Å². The molecule has 34 heavy (non-hydrogen) atoms. The van der Waals surface area contributed by atoms with Gasteiger partial charge in [0.15, 0.2) is 28.6 Å². The number of hydrogen-bond donors (Lipinski definition) is 2. The Labute approximate surface area is 202 Å². The Morgan fingerprint density at radius 2 is 1.74 bits per heavy atom. The van der Waals surface area contributed by atoms with Crippen LogP contribution in [0, 0.1) is 5.92 Å². The lowest BCUT2D eigenvalue weighted by Gasteiger charge is -2.19. The first-order valence-electron chi connectivity index (χ1n) is 10.8. The number of anilines is 1. The fraction of sp³-hybridized carbons (Fsp3) is 0.333. The highest BCUT2D eigenvalue weighted by Gasteiger charge is 2.22. The second-order valence-corrected chi connectivity index (χ2v) is 8.92. The van der Waals surface area contributed by atoms with E-state index in [9.17, 15) is 9.59 Å². The number of thioether (sulfide) groups is 1. The summed E-state index contributed by atoms with van der Waals surface area (Å²) >= 11 is 1.28. The minimum Gasteiger partial charge on any atom is -0.493 e. The first-order chi connectivity index (χ1) is 16.3. The average Bonchev–Trinajstić information content (AvgIpc) is 3.20. The molecule has 180 valence electrons. The van der Waals surface area contributed by atoms with Crippen molar-refractivity contribution >= 4 is 29.3 Å². The Bertz CT molecular complexity index is 1130. The van der Waals surface area contributed by atoms with Crippen molar-refractivity contribution in [3.05, 3.63) is 59.9 Å². The number of carbonyl (C=O) groups is 2. The Morgan fingerprint density at radius 3 is 2.35 bits per heavy atom. The molecule has 1 unspecified atom stereocenters. The molecule has 9 nitrogen and oxygen atoms in total. The van der Waals surface area contributed by atoms with Crippen LogP contribution < -0.4 is 14.8 Å². The minimum absolute atomic E-state index is 0.124. The third-order valence-electron chi connectivity index (χ3n) is 4.78. The van der Waals surface area contributed by atoms with Crippen molar-refractivity contribution in [1.82, 2.24) is 14.8 Å². The summed E-state index contributed by atoms with van der Waals surface area (Å²) in [5.41, 5.74) is 0.685. The second kappa shape index (κ2) is 11.6. The smallest absolute Gasteiger partial charge is 0.335 e. The van der Waals surface area contributed by atoms with Crippen LogP contribution >= 0.6 is 11.8 Å². The van der Waals surface area contributed by atoms with Gasteiger partial charge in [0.2, 0.25) is 5.91 Å². The minimum atomic E-state index is -1.02. The van der Waals surface area contributed by atoms with Crippen LogP contribution in [0.1, 0.15) is 43.1 Å². The van der Waals surface area contributed by atoms with Crippen molar-refractivity contribution in [2.45, 2.75) is 38.6 Å². The van der Waals surface area contributed by atoms with Gasteiger partial charge in [0.25, 0.3) is 0 Å². The molecule has 0 fully saturated rings. The van der Waals surface area contributed by atoms with Crippen molar-refractivity contribution in [1.29, 1.82) is 0 Å². The van der Waals surface area contributed by atoms with Gasteiger partial charge in [-0.25, -0.2) is 4.79 Å². The molecular formula is C24H28N4O5S. The van der Waals surface area contributed by atoms with Crippen LogP contribution in [0.25, 0.3) is 0 Å². The van der Waals surface area contributed by atoms with Gasteiger partial charge in [-0.05, 0) is 49.2 Å². The number of aromatic carboxylic acids is 1. The largest absolute Gasteiger partial charge is 0.493 e. The SMILES string of the molecule is COc1ccccc1OC(C)c1nnc(SCC(=O)Nc2ccc(C(=O)O)cc2)n1CC(C)C. The van der Waals surface area contributed by atoms with Gasteiger partial charge >= 0.3 is 5.97 Å². The van der Waals surface area contributed by atoms with Gasteiger partial charge < -0.3 is 24.5 Å². The number of nitrogens with one attached hydrogen (secondary N) is 1. The Kier molecular flexibility index (Phi) is 8.53. The molecule has 2 N–H and O–H groups in total. The Hall–Kier alpha value is -3.53. The lowest BCUT2D eigenvalue weighted by molar-refractivity contribution is -0.113. The van der Waals surface area contributed by atoms with Crippen molar-refractivity contribution in [2.24, 2.45) is 5.92 Å². The molecule has 0 saturated heterocycles. The molecule has 0 bridgehead atoms. The van der Waals surface area contributed by atoms with Crippen LogP contribution in [0.4, 0.5) is 5.69 Å². The molecule has 0 aliphatic rings. The van der Waals surface area contributed by atoms with Gasteiger partial charge in [0.05, 0.1) is 18.4 Å². The molecule has 0 saturated carbocycles. The number of carbonyl (C=O) groups excluding carboxylic acids is 1. The molecule has 1 heterocycles. The highest BCUT2D eigenvalue weighted by molar-refractivity contribution is 7.99. The molecule has 2 aromatic carbocycles. The lowest BCUT2D eigenvalue weighted by Crippen LogP contribution is -2.17. The predicted molar refractivity (Wildman–Crippen MR) is 130 cm³/mol. The van der Waals surface area contributed by atoms with Crippen LogP contribution in [-0.4, -0.2) is 44.6 Å². The zero-order chi connectivity index (χ0) is 24.7. The van der Waals surface area contributed by atoms with Gasteiger partial charge in [0.1, 0.15) is 0 Å². The van der Waals surface area contributed by atoms with E-state index in [0.717, 1.165) is 0 Å². The fourth-order valence-corrected chi connectivity index (χ4v) is 3.98. The third kappa shape index (κ3) is 6.50. The summed E-state index contributed by atoms with van der Waals surface area (Å²) in [4.78, 5) is 23.4. The van der Waals surface area contributed by atoms with E-state index in [0.29, 0.717) is 40.6 Å². The predicted octanol–water partition coefficient (Wildman–Crippen LogP) is 4.51. The van der Waals surface area contributed by atoms with E-state index in [-0.39, 0.29) is 17.2 Å². The molecule has 3 rings (SSSR count). The molecular weight excluding hydrogens is 456 g/mol. The van der Waals surface area contributed by atoms with E-state index in [4.69, 9.17) is 14.6 Å². The quantitative estimate of drug-likeness (QED) is 0.382.